The molecule has 2 aromatic carbocycles. The molecule has 0 heterocycles. The number of carbonyl (C=O) groups excluding carboxylic acids is 1. The summed E-state index contributed by atoms with van der Waals surface area (Å²) < 4.78 is 0. The average molecular weight is 266 g/mol. The van der Waals surface area contributed by atoms with Gasteiger partial charge in [-0.3, -0.25) is 4.79 Å². The fourth-order valence-corrected chi connectivity index (χ4v) is 2.56. The van der Waals surface area contributed by atoms with Crippen molar-refractivity contribution in [2.45, 2.75) is 25.2 Å². The van der Waals surface area contributed by atoms with E-state index in [1.54, 1.807) is 0 Å². The highest BCUT2D eigenvalue weighted by molar-refractivity contribution is 6.02. The second-order valence-corrected chi connectivity index (χ2v) is 5.42. The number of carbonyl (C=O) groups is 1. The maximum Gasteiger partial charge on any atom is 0.235 e. The Morgan fingerprint density at radius 3 is 2.45 bits per heavy atom. The van der Waals surface area contributed by atoms with E-state index in [1.165, 1.54) is 0 Å². The zero-order valence-electron chi connectivity index (χ0n) is 11.5. The molecule has 0 radical (unpaired) electrons. The minimum Gasteiger partial charge on any atom is -0.398 e. The topological polar surface area (TPSA) is 55.1 Å². The summed E-state index contributed by atoms with van der Waals surface area (Å²) in [5, 5.41) is 3.03. The third-order valence-electron chi connectivity index (χ3n) is 4.13. The standard InChI is InChI=1S/C17H18N2O/c1-12-14(18)8-5-9-15(12)19-16(20)17(10-11-17)13-6-3-2-4-7-13/h2-9H,10-11,18H2,1H3,(H,19,20). The van der Waals surface area contributed by atoms with Crippen molar-refractivity contribution in [1.82, 2.24) is 0 Å². The Balaban J connectivity index is 1.86. The Bertz CT molecular complexity index is 645. The highest BCUT2D eigenvalue weighted by Gasteiger charge is 2.51. The first-order valence-corrected chi connectivity index (χ1v) is 6.85. The van der Waals surface area contributed by atoms with Crippen molar-refractivity contribution >= 4 is 17.3 Å². The molecule has 1 amide bonds. The van der Waals surface area contributed by atoms with Crippen LogP contribution >= 0.6 is 0 Å². The van der Waals surface area contributed by atoms with Crippen LogP contribution in [0.5, 0.6) is 0 Å². The van der Waals surface area contributed by atoms with Gasteiger partial charge in [-0.05, 0) is 43.0 Å². The average Bonchev–Trinajstić information content (AvgIpc) is 3.26. The van der Waals surface area contributed by atoms with Crippen molar-refractivity contribution in [2.75, 3.05) is 11.1 Å². The molecule has 3 nitrogen and oxygen atoms in total. The van der Waals surface area contributed by atoms with Crippen LogP contribution in [0.25, 0.3) is 0 Å². The van der Waals surface area contributed by atoms with Crippen molar-refractivity contribution in [1.29, 1.82) is 0 Å². The normalized spacial score (nSPS) is 15.7. The van der Waals surface area contributed by atoms with Gasteiger partial charge in [-0.15, -0.1) is 0 Å². The van der Waals surface area contributed by atoms with Gasteiger partial charge in [-0.1, -0.05) is 36.4 Å². The number of rotatable bonds is 3. The molecule has 0 aromatic heterocycles. The fraction of sp³-hybridized carbons (Fsp3) is 0.235. The summed E-state index contributed by atoms with van der Waals surface area (Å²) in [7, 11) is 0. The number of nitrogen functional groups attached to an aromatic ring is 1. The van der Waals surface area contributed by atoms with Gasteiger partial charge in [0.05, 0.1) is 5.41 Å². The molecule has 0 saturated heterocycles. The Morgan fingerprint density at radius 2 is 1.80 bits per heavy atom. The molecule has 0 aliphatic heterocycles. The van der Waals surface area contributed by atoms with E-state index in [2.05, 4.69) is 5.32 Å². The molecule has 1 saturated carbocycles. The van der Waals surface area contributed by atoms with Crippen molar-refractivity contribution in [3.05, 3.63) is 59.7 Å². The van der Waals surface area contributed by atoms with Crippen LogP contribution in [-0.2, 0) is 10.2 Å². The molecule has 102 valence electrons. The van der Waals surface area contributed by atoms with E-state index in [4.69, 9.17) is 5.73 Å². The Hall–Kier alpha value is -2.29. The summed E-state index contributed by atoms with van der Waals surface area (Å²) in [6.07, 6.45) is 1.81. The van der Waals surface area contributed by atoms with Gasteiger partial charge < -0.3 is 11.1 Å². The van der Waals surface area contributed by atoms with Gasteiger partial charge >= 0.3 is 0 Å². The number of hydrogen-bond donors (Lipinski definition) is 2. The third kappa shape index (κ3) is 2.05. The van der Waals surface area contributed by atoms with E-state index < -0.39 is 0 Å². The first kappa shape index (κ1) is 12.7. The lowest BCUT2D eigenvalue weighted by molar-refractivity contribution is -0.118. The second kappa shape index (κ2) is 4.67. The third-order valence-corrected chi connectivity index (χ3v) is 4.13. The molecule has 0 unspecified atom stereocenters. The predicted octanol–water partition coefficient (Wildman–Crippen LogP) is 3.25. The van der Waals surface area contributed by atoms with E-state index in [0.717, 1.165) is 29.7 Å². The maximum absolute atomic E-state index is 12.6. The predicted molar refractivity (Wildman–Crippen MR) is 81.6 cm³/mol. The Kier molecular flexibility index (Phi) is 2.97. The SMILES string of the molecule is Cc1c(N)cccc1NC(=O)C1(c2ccccc2)CC1. The molecular weight excluding hydrogens is 248 g/mol. The molecule has 20 heavy (non-hydrogen) atoms. The lowest BCUT2D eigenvalue weighted by Crippen LogP contribution is -2.28. The molecule has 0 atom stereocenters. The van der Waals surface area contributed by atoms with Crippen LogP contribution in [0.4, 0.5) is 11.4 Å². The molecule has 0 bridgehead atoms. The smallest absolute Gasteiger partial charge is 0.235 e. The number of anilines is 2. The summed E-state index contributed by atoms with van der Waals surface area (Å²) in [5.41, 5.74) is 9.05. The van der Waals surface area contributed by atoms with Crippen LogP contribution in [-0.4, -0.2) is 5.91 Å². The summed E-state index contributed by atoms with van der Waals surface area (Å²) in [5.74, 6) is 0.0670. The van der Waals surface area contributed by atoms with Crippen molar-refractivity contribution < 1.29 is 4.79 Å². The highest BCUT2D eigenvalue weighted by atomic mass is 16.2. The minimum atomic E-state index is -0.349. The summed E-state index contributed by atoms with van der Waals surface area (Å²) >= 11 is 0. The van der Waals surface area contributed by atoms with Gasteiger partial charge in [0.25, 0.3) is 0 Å². The quantitative estimate of drug-likeness (QED) is 0.838. The zero-order valence-corrected chi connectivity index (χ0v) is 11.5. The number of benzene rings is 2. The first-order chi connectivity index (χ1) is 9.63. The first-order valence-electron chi connectivity index (χ1n) is 6.85. The maximum atomic E-state index is 12.6. The van der Waals surface area contributed by atoms with Gasteiger partial charge in [-0.2, -0.15) is 0 Å². The minimum absolute atomic E-state index is 0.0670. The number of nitrogens with one attached hydrogen (secondary N) is 1. The van der Waals surface area contributed by atoms with E-state index >= 15 is 0 Å². The zero-order chi connectivity index (χ0) is 14.2. The van der Waals surface area contributed by atoms with Crippen LogP contribution in [0.15, 0.2) is 48.5 Å². The number of hydrogen-bond acceptors (Lipinski definition) is 2. The molecule has 2 aromatic rings. The lowest BCUT2D eigenvalue weighted by atomic mass is 9.95. The van der Waals surface area contributed by atoms with Crippen molar-refractivity contribution in [3.8, 4) is 0 Å². The molecule has 3 heteroatoms. The van der Waals surface area contributed by atoms with Gasteiger partial charge in [0.15, 0.2) is 0 Å². The van der Waals surface area contributed by atoms with Gasteiger partial charge in [0, 0.05) is 11.4 Å². The van der Waals surface area contributed by atoms with Crippen LogP contribution in [0.1, 0.15) is 24.0 Å². The molecule has 1 aliphatic carbocycles. The Morgan fingerprint density at radius 1 is 1.10 bits per heavy atom. The van der Waals surface area contributed by atoms with Gasteiger partial charge in [0.2, 0.25) is 5.91 Å². The molecule has 1 fully saturated rings. The van der Waals surface area contributed by atoms with E-state index in [1.807, 2.05) is 55.5 Å². The van der Waals surface area contributed by atoms with Crippen LogP contribution in [0, 0.1) is 6.92 Å². The number of nitrogens with two attached hydrogens (primary N) is 1. The molecule has 0 spiro atoms. The van der Waals surface area contributed by atoms with E-state index in [9.17, 15) is 4.79 Å². The van der Waals surface area contributed by atoms with E-state index in [0.29, 0.717) is 5.69 Å². The summed E-state index contributed by atoms with van der Waals surface area (Å²) in [6.45, 7) is 1.92. The largest absolute Gasteiger partial charge is 0.398 e. The van der Waals surface area contributed by atoms with Crippen LogP contribution in [0.3, 0.4) is 0 Å². The fourth-order valence-electron chi connectivity index (χ4n) is 2.56. The van der Waals surface area contributed by atoms with Gasteiger partial charge in [0.1, 0.15) is 0 Å². The summed E-state index contributed by atoms with van der Waals surface area (Å²) in [6, 6.07) is 15.6. The monoisotopic (exact) mass is 266 g/mol. The Labute approximate surface area is 118 Å². The molecule has 1 aliphatic rings. The van der Waals surface area contributed by atoms with E-state index in [-0.39, 0.29) is 11.3 Å². The highest BCUT2D eigenvalue weighted by Crippen LogP contribution is 2.49. The number of amides is 1. The second-order valence-electron chi connectivity index (χ2n) is 5.42. The van der Waals surface area contributed by atoms with Crippen molar-refractivity contribution in [2.24, 2.45) is 0 Å². The van der Waals surface area contributed by atoms with Crippen molar-refractivity contribution in [3.63, 3.8) is 0 Å². The van der Waals surface area contributed by atoms with Crippen LogP contribution in [0.2, 0.25) is 0 Å². The molecular formula is C17H18N2O. The summed E-state index contributed by atoms with van der Waals surface area (Å²) in [4.78, 5) is 12.6. The van der Waals surface area contributed by atoms with Gasteiger partial charge in [-0.25, -0.2) is 0 Å². The molecule has 3 rings (SSSR count). The molecule has 3 N–H and O–H groups in total. The lowest BCUT2D eigenvalue weighted by Gasteiger charge is -2.17. The van der Waals surface area contributed by atoms with Crippen LogP contribution < -0.4 is 11.1 Å².